The fraction of sp³-hybridized carbons (Fsp3) is 0.682. The summed E-state index contributed by atoms with van der Waals surface area (Å²) in [4.78, 5) is 10.9. The normalized spacial score (nSPS) is 32.7. The van der Waals surface area contributed by atoms with Gasteiger partial charge in [-0.1, -0.05) is 12.1 Å². The van der Waals surface area contributed by atoms with Gasteiger partial charge in [0.2, 0.25) is 0 Å². The highest BCUT2D eigenvalue weighted by molar-refractivity contribution is 7.85. The number of carbonyl (C=O) groups is 1. The van der Waals surface area contributed by atoms with E-state index in [9.17, 15) is 13.2 Å². The van der Waals surface area contributed by atoms with Crippen LogP contribution in [0.25, 0.3) is 0 Å². The Kier molecular flexibility index (Phi) is 6.31. The predicted octanol–water partition coefficient (Wildman–Crippen LogP) is 1.83. The lowest BCUT2D eigenvalue weighted by atomic mass is 9.52. The van der Waals surface area contributed by atoms with Crippen molar-refractivity contribution < 1.29 is 27.6 Å². The minimum atomic E-state index is -3.90. The van der Waals surface area contributed by atoms with Gasteiger partial charge in [-0.15, -0.1) is 0 Å². The Morgan fingerprint density at radius 3 is 2.42 bits per heavy atom. The van der Waals surface area contributed by atoms with Crippen molar-refractivity contribution in [3.8, 4) is 5.75 Å². The van der Waals surface area contributed by atoms with Crippen molar-refractivity contribution in [2.45, 2.75) is 62.6 Å². The summed E-state index contributed by atoms with van der Waals surface area (Å²) >= 11 is 0. The van der Waals surface area contributed by atoms with E-state index >= 15 is 0 Å². The largest absolute Gasteiger partial charge is 0.487 e. The number of aliphatic carboxylic acids is 1. The first-order valence-corrected chi connectivity index (χ1v) is 12.7. The van der Waals surface area contributed by atoms with E-state index in [2.05, 4.69) is 5.32 Å². The molecule has 0 aromatic heterocycles. The number of ether oxygens (including phenoxy) is 1. The molecule has 5 rings (SSSR count). The van der Waals surface area contributed by atoms with Gasteiger partial charge < -0.3 is 20.9 Å². The van der Waals surface area contributed by atoms with E-state index < -0.39 is 22.1 Å². The van der Waals surface area contributed by atoms with Crippen molar-refractivity contribution in [2.75, 3.05) is 12.3 Å². The molecular formula is C22H32N2O6S. The maximum atomic E-state index is 10.9. The van der Waals surface area contributed by atoms with Gasteiger partial charge in [-0.2, -0.15) is 8.42 Å². The zero-order chi connectivity index (χ0) is 22.2. The summed E-state index contributed by atoms with van der Waals surface area (Å²) in [7, 11) is -3.90. The molecule has 2 unspecified atom stereocenters. The molecule has 0 amide bonds. The maximum Gasteiger partial charge on any atom is 0.320 e. The molecule has 0 heterocycles. The molecule has 1 aromatic carbocycles. The highest BCUT2D eigenvalue weighted by Gasteiger charge is 2.56. The third-order valence-corrected chi connectivity index (χ3v) is 8.01. The van der Waals surface area contributed by atoms with Gasteiger partial charge >= 0.3 is 5.97 Å². The highest BCUT2D eigenvalue weighted by Crippen LogP contribution is 2.57. The standard InChI is InChI=1S/C22H32N2O6S/c23-19(21(25)26)10-14-2-4-18(5-3-14)30-22-11-15-8-16(12-22)20(17(9-15)13-22)24-6-1-7-31(27,28)29/h2-5,15-17,19-20,24H,1,6-13,23H2,(H,25,26)(H,27,28,29)/t15?,16?,17?,19-,20?,22?/m0/s1. The molecule has 0 spiro atoms. The van der Waals surface area contributed by atoms with Gasteiger partial charge in [0.25, 0.3) is 10.1 Å². The van der Waals surface area contributed by atoms with Crippen molar-refractivity contribution in [2.24, 2.45) is 23.5 Å². The van der Waals surface area contributed by atoms with Crippen LogP contribution in [0.2, 0.25) is 0 Å². The molecule has 0 aliphatic heterocycles. The number of benzene rings is 1. The van der Waals surface area contributed by atoms with Crippen LogP contribution in [0.3, 0.4) is 0 Å². The maximum absolute atomic E-state index is 10.9. The van der Waals surface area contributed by atoms with Crippen LogP contribution in [0.15, 0.2) is 24.3 Å². The monoisotopic (exact) mass is 452 g/mol. The molecule has 4 fully saturated rings. The van der Waals surface area contributed by atoms with Crippen molar-refractivity contribution >= 4 is 16.1 Å². The number of hydrogen-bond donors (Lipinski definition) is 4. The molecule has 4 aliphatic rings. The van der Waals surface area contributed by atoms with Crippen LogP contribution in [0.4, 0.5) is 0 Å². The Hall–Kier alpha value is -1.68. The molecule has 9 heteroatoms. The Morgan fingerprint density at radius 2 is 1.84 bits per heavy atom. The van der Waals surface area contributed by atoms with E-state index in [1.54, 1.807) is 0 Å². The number of hydrogen-bond acceptors (Lipinski definition) is 6. The SMILES string of the molecule is N[C@@H](Cc1ccc(OC23CC4CC(C2)C(NCCCS(=O)(=O)O)C(C4)C3)cc1)C(=O)O. The van der Waals surface area contributed by atoms with Gasteiger partial charge in [0.1, 0.15) is 17.4 Å². The lowest BCUT2D eigenvalue weighted by Gasteiger charge is -2.59. The molecule has 0 radical (unpaired) electrons. The molecule has 8 nitrogen and oxygen atoms in total. The fourth-order valence-corrected chi connectivity index (χ4v) is 6.73. The summed E-state index contributed by atoms with van der Waals surface area (Å²) < 4.78 is 37.3. The number of nitrogens with one attached hydrogen (secondary N) is 1. The lowest BCUT2D eigenvalue weighted by Crippen LogP contribution is -2.62. The summed E-state index contributed by atoms with van der Waals surface area (Å²) in [6.45, 7) is 0.593. The summed E-state index contributed by atoms with van der Waals surface area (Å²) in [5, 5.41) is 12.5. The van der Waals surface area contributed by atoms with Crippen LogP contribution >= 0.6 is 0 Å². The van der Waals surface area contributed by atoms with Crippen LogP contribution in [0.1, 0.15) is 44.1 Å². The van der Waals surface area contributed by atoms with Crippen molar-refractivity contribution in [1.82, 2.24) is 5.32 Å². The highest BCUT2D eigenvalue weighted by atomic mass is 32.2. The second-order valence-electron chi connectivity index (χ2n) is 9.67. The molecule has 5 N–H and O–H groups in total. The van der Waals surface area contributed by atoms with E-state index in [0.29, 0.717) is 36.8 Å². The number of rotatable bonds is 10. The molecule has 4 aliphatic carbocycles. The average Bonchev–Trinajstić information content (AvgIpc) is 2.66. The van der Waals surface area contributed by atoms with Gasteiger partial charge in [-0.3, -0.25) is 9.35 Å². The molecule has 0 saturated heterocycles. The molecule has 1 aromatic rings. The van der Waals surface area contributed by atoms with Gasteiger partial charge in [0.05, 0.1) is 5.75 Å². The summed E-state index contributed by atoms with van der Waals surface area (Å²) in [6.07, 6.45) is 6.12. The summed E-state index contributed by atoms with van der Waals surface area (Å²) in [6, 6.07) is 7.07. The Balaban J connectivity index is 1.35. The Morgan fingerprint density at radius 1 is 1.19 bits per heavy atom. The van der Waals surface area contributed by atoms with Crippen LogP contribution < -0.4 is 15.8 Å². The number of carboxylic acids is 1. The van der Waals surface area contributed by atoms with E-state index in [1.807, 2.05) is 24.3 Å². The lowest BCUT2D eigenvalue weighted by molar-refractivity contribution is -0.138. The zero-order valence-corrected chi connectivity index (χ0v) is 18.4. The van der Waals surface area contributed by atoms with Crippen LogP contribution in [-0.4, -0.2) is 54.0 Å². The van der Waals surface area contributed by atoms with Crippen LogP contribution in [0, 0.1) is 17.8 Å². The molecule has 3 atom stereocenters. The first-order valence-electron chi connectivity index (χ1n) is 11.1. The van der Waals surface area contributed by atoms with Crippen LogP contribution in [-0.2, 0) is 21.3 Å². The topological polar surface area (TPSA) is 139 Å². The molecule has 4 saturated carbocycles. The van der Waals surface area contributed by atoms with Crippen molar-refractivity contribution in [3.05, 3.63) is 29.8 Å². The van der Waals surface area contributed by atoms with Crippen LogP contribution in [0.5, 0.6) is 5.75 Å². The average molecular weight is 453 g/mol. The third-order valence-electron chi connectivity index (χ3n) is 7.21. The minimum absolute atomic E-state index is 0.151. The van der Waals surface area contributed by atoms with E-state index in [4.69, 9.17) is 20.1 Å². The Bertz CT molecular complexity index is 887. The first kappa shape index (κ1) is 22.5. The fourth-order valence-electron chi connectivity index (χ4n) is 6.22. The van der Waals surface area contributed by atoms with E-state index in [0.717, 1.165) is 30.6 Å². The van der Waals surface area contributed by atoms with Gasteiger partial charge in [-0.25, -0.2) is 0 Å². The molecular weight excluding hydrogens is 420 g/mol. The quantitative estimate of drug-likeness (QED) is 0.311. The molecule has 4 bridgehead atoms. The third kappa shape index (κ3) is 5.39. The Labute approximate surface area is 183 Å². The smallest absolute Gasteiger partial charge is 0.320 e. The van der Waals surface area contributed by atoms with Crippen molar-refractivity contribution in [3.63, 3.8) is 0 Å². The molecule has 31 heavy (non-hydrogen) atoms. The zero-order valence-electron chi connectivity index (χ0n) is 17.6. The van der Waals surface area contributed by atoms with Gasteiger partial charge in [-0.05, 0) is 86.9 Å². The summed E-state index contributed by atoms with van der Waals surface area (Å²) in [5.74, 6) is 1.31. The van der Waals surface area contributed by atoms with E-state index in [-0.39, 0.29) is 17.8 Å². The molecule has 172 valence electrons. The van der Waals surface area contributed by atoms with Gasteiger partial charge in [0, 0.05) is 6.04 Å². The predicted molar refractivity (Wildman–Crippen MR) is 115 cm³/mol. The van der Waals surface area contributed by atoms with E-state index in [1.165, 1.54) is 12.8 Å². The second-order valence-corrected chi connectivity index (χ2v) is 11.2. The second kappa shape index (κ2) is 8.69. The number of nitrogens with two attached hydrogens (primary N) is 1. The number of carboxylic acid groups (broad SMARTS) is 1. The summed E-state index contributed by atoms with van der Waals surface area (Å²) in [5.41, 5.74) is 6.35. The first-order chi connectivity index (χ1) is 14.6. The minimum Gasteiger partial charge on any atom is -0.487 e. The van der Waals surface area contributed by atoms with Gasteiger partial charge in [0.15, 0.2) is 0 Å². The van der Waals surface area contributed by atoms with Crippen molar-refractivity contribution in [1.29, 1.82) is 0 Å².